The van der Waals surface area contributed by atoms with E-state index >= 15 is 0 Å². The standard InChI is InChI=1S/C20H24N4O4S/c1-3-12-6-8-20(9-7-12)17(26)24(19(27)23-20)11-16(25)22-18-21-14-5-4-13(28-2)10-15(14)29-18/h4-5,10,12H,3,6-9,11H2,1-2H3,(H,23,27)(H,21,22,25). The Morgan fingerprint density at radius 2 is 2.14 bits per heavy atom. The van der Waals surface area contributed by atoms with Crippen LogP contribution >= 0.6 is 11.3 Å². The number of anilines is 1. The van der Waals surface area contributed by atoms with E-state index in [0.717, 1.165) is 34.4 Å². The highest BCUT2D eigenvalue weighted by molar-refractivity contribution is 7.22. The zero-order valence-electron chi connectivity index (χ0n) is 16.5. The molecule has 29 heavy (non-hydrogen) atoms. The molecule has 1 saturated carbocycles. The first-order valence-electron chi connectivity index (χ1n) is 9.82. The Morgan fingerprint density at radius 3 is 2.83 bits per heavy atom. The molecule has 1 aromatic heterocycles. The Balaban J connectivity index is 1.42. The number of fused-ring (bicyclic) bond motifs is 1. The summed E-state index contributed by atoms with van der Waals surface area (Å²) in [6, 6.07) is 4.97. The van der Waals surface area contributed by atoms with Crippen molar-refractivity contribution >= 4 is 44.5 Å². The van der Waals surface area contributed by atoms with E-state index in [0.29, 0.717) is 29.6 Å². The number of nitrogens with one attached hydrogen (secondary N) is 2. The van der Waals surface area contributed by atoms with Gasteiger partial charge in [0.15, 0.2) is 5.13 Å². The molecule has 4 amide bonds. The second-order valence-electron chi connectivity index (χ2n) is 7.66. The minimum Gasteiger partial charge on any atom is -0.497 e. The minimum atomic E-state index is -0.838. The molecule has 1 aliphatic carbocycles. The average Bonchev–Trinajstić information content (AvgIpc) is 3.21. The van der Waals surface area contributed by atoms with Crippen LogP contribution in [0.2, 0.25) is 0 Å². The van der Waals surface area contributed by atoms with Crippen molar-refractivity contribution in [3.05, 3.63) is 18.2 Å². The summed E-state index contributed by atoms with van der Waals surface area (Å²) < 4.78 is 6.07. The summed E-state index contributed by atoms with van der Waals surface area (Å²) >= 11 is 1.31. The molecule has 1 spiro atoms. The SMILES string of the molecule is CCC1CCC2(CC1)NC(=O)N(CC(=O)Nc1nc3ccc(OC)cc3s1)C2=O. The molecule has 0 radical (unpaired) electrons. The Kier molecular flexibility index (Phi) is 5.16. The first kappa shape index (κ1) is 19.6. The summed E-state index contributed by atoms with van der Waals surface area (Å²) in [5, 5.41) is 5.97. The highest BCUT2D eigenvalue weighted by atomic mass is 32.1. The quantitative estimate of drug-likeness (QED) is 0.730. The zero-order valence-corrected chi connectivity index (χ0v) is 17.3. The van der Waals surface area contributed by atoms with Gasteiger partial charge in [-0.05, 0) is 49.8 Å². The number of ether oxygens (including phenoxy) is 1. The normalized spacial score (nSPS) is 24.2. The number of amides is 4. The summed E-state index contributed by atoms with van der Waals surface area (Å²) in [5.74, 6) is 0.571. The summed E-state index contributed by atoms with van der Waals surface area (Å²) in [6.45, 7) is 1.83. The molecular formula is C20H24N4O4S. The lowest BCUT2D eigenvalue weighted by atomic mass is 9.75. The monoisotopic (exact) mass is 416 g/mol. The number of imide groups is 1. The van der Waals surface area contributed by atoms with Gasteiger partial charge in [0.05, 0.1) is 17.3 Å². The molecule has 2 aromatic rings. The van der Waals surface area contributed by atoms with Crippen molar-refractivity contribution in [2.45, 2.75) is 44.6 Å². The fraction of sp³-hybridized carbons (Fsp3) is 0.500. The van der Waals surface area contributed by atoms with Crippen LogP contribution in [0.25, 0.3) is 10.2 Å². The van der Waals surface area contributed by atoms with Gasteiger partial charge in [-0.2, -0.15) is 0 Å². The lowest BCUT2D eigenvalue weighted by molar-refractivity contribution is -0.135. The minimum absolute atomic E-state index is 0.291. The molecular weight excluding hydrogens is 392 g/mol. The highest BCUT2D eigenvalue weighted by Gasteiger charge is 2.52. The molecule has 9 heteroatoms. The Bertz CT molecular complexity index is 965. The lowest BCUT2D eigenvalue weighted by Gasteiger charge is -2.34. The number of urea groups is 1. The average molecular weight is 417 g/mol. The Labute approximate surface area is 172 Å². The molecule has 2 aliphatic rings. The number of hydrogen-bond donors (Lipinski definition) is 2. The highest BCUT2D eigenvalue weighted by Crippen LogP contribution is 2.37. The van der Waals surface area contributed by atoms with Crippen molar-refractivity contribution in [1.29, 1.82) is 0 Å². The van der Waals surface area contributed by atoms with Gasteiger partial charge in [-0.1, -0.05) is 24.7 Å². The van der Waals surface area contributed by atoms with Gasteiger partial charge in [0.1, 0.15) is 17.8 Å². The molecule has 1 aromatic carbocycles. The summed E-state index contributed by atoms with van der Waals surface area (Å²) in [7, 11) is 1.59. The number of methoxy groups -OCH3 is 1. The molecule has 2 N–H and O–H groups in total. The van der Waals surface area contributed by atoms with Gasteiger partial charge in [0.2, 0.25) is 5.91 Å². The first-order valence-corrected chi connectivity index (χ1v) is 10.6. The van der Waals surface area contributed by atoms with Crippen LogP contribution in [0.4, 0.5) is 9.93 Å². The second kappa shape index (κ2) is 7.62. The van der Waals surface area contributed by atoms with E-state index in [-0.39, 0.29) is 12.5 Å². The van der Waals surface area contributed by atoms with Crippen molar-refractivity contribution < 1.29 is 19.1 Å². The predicted molar refractivity (Wildman–Crippen MR) is 110 cm³/mol. The zero-order chi connectivity index (χ0) is 20.6. The number of nitrogens with zero attached hydrogens (tertiary/aromatic N) is 2. The van der Waals surface area contributed by atoms with Crippen LogP contribution in [0, 0.1) is 5.92 Å². The number of benzene rings is 1. The molecule has 8 nitrogen and oxygen atoms in total. The number of carbonyl (C=O) groups is 3. The van der Waals surface area contributed by atoms with Crippen molar-refractivity contribution in [3.63, 3.8) is 0 Å². The van der Waals surface area contributed by atoms with Gasteiger partial charge in [0, 0.05) is 0 Å². The van der Waals surface area contributed by atoms with Crippen LogP contribution in [0.15, 0.2) is 18.2 Å². The van der Waals surface area contributed by atoms with Crippen molar-refractivity contribution in [3.8, 4) is 5.75 Å². The van der Waals surface area contributed by atoms with Crippen molar-refractivity contribution in [1.82, 2.24) is 15.2 Å². The van der Waals surface area contributed by atoms with Gasteiger partial charge >= 0.3 is 6.03 Å². The summed E-state index contributed by atoms with van der Waals surface area (Å²) in [4.78, 5) is 43.2. The molecule has 1 saturated heterocycles. The lowest BCUT2D eigenvalue weighted by Crippen LogP contribution is -2.49. The number of rotatable bonds is 5. The van der Waals surface area contributed by atoms with E-state index < -0.39 is 17.5 Å². The van der Waals surface area contributed by atoms with Crippen LogP contribution in [-0.4, -0.2) is 46.9 Å². The largest absolute Gasteiger partial charge is 0.497 e. The van der Waals surface area contributed by atoms with Gasteiger partial charge in [-0.25, -0.2) is 9.78 Å². The summed E-state index contributed by atoms with van der Waals surface area (Å²) in [5.41, 5.74) is -0.0946. The maximum atomic E-state index is 12.9. The molecule has 0 atom stereocenters. The van der Waals surface area contributed by atoms with Gasteiger partial charge in [0.25, 0.3) is 5.91 Å². The van der Waals surface area contributed by atoms with Crippen LogP contribution in [-0.2, 0) is 9.59 Å². The molecule has 2 heterocycles. The van der Waals surface area contributed by atoms with Crippen molar-refractivity contribution in [2.75, 3.05) is 19.0 Å². The third-order valence-corrected chi connectivity index (χ3v) is 6.86. The van der Waals surface area contributed by atoms with E-state index in [4.69, 9.17) is 4.74 Å². The molecule has 0 bridgehead atoms. The van der Waals surface area contributed by atoms with E-state index in [9.17, 15) is 14.4 Å². The number of thiazole rings is 1. The van der Waals surface area contributed by atoms with Crippen LogP contribution in [0.5, 0.6) is 5.75 Å². The van der Waals surface area contributed by atoms with Crippen LogP contribution < -0.4 is 15.4 Å². The Hall–Kier alpha value is -2.68. The molecule has 1 aliphatic heterocycles. The van der Waals surface area contributed by atoms with E-state index in [1.807, 2.05) is 12.1 Å². The molecule has 4 rings (SSSR count). The third kappa shape index (κ3) is 3.66. The maximum absolute atomic E-state index is 12.9. The topological polar surface area (TPSA) is 101 Å². The molecule has 2 fully saturated rings. The number of carbonyl (C=O) groups excluding carboxylic acids is 3. The number of aromatic nitrogens is 1. The molecule has 0 unspecified atom stereocenters. The smallest absolute Gasteiger partial charge is 0.325 e. The second-order valence-corrected chi connectivity index (χ2v) is 8.69. The molecule has 154 valence electrons. The Morgan fingerprint density at radius 1 is 1.38 bits per heavy atom. The van der Waals surface area contributed by atoms with E-state index in [1.165, 1.54) is 11.3 Å². The van der Waals surface area contributed by atoms with Crippen LogP contribution in [0.3, 0.4) is 0 Å². The van der Waals surface area contributed by atoms with Gasteiger partial charge in [-0.15, -0.1) is 0 Å². The first-order chi connectivity index (χ1) is 13.9. The maximum Gasteiger partial charge on any atom is 0.325 e. The van der Waals surface area contributed by atoms with Crippen LogP contribution in [0.1, 0.15) is 39.0 Å². The van der Waals surface area contributed by atoms with Crippen molar-refractivity contribution in [2.24, 2.45) is 5.92 Å². The van der Waals surface area contributed by atoms with Gasteiger partial charge in [-0.3, -0.25) is 14.5 Å². The summed E-state index contributed by atoms with van der Waals surface area (Å²) in [6.07, 6.45) is 4.18. The number of hydrogen-bond acceptors (Lipinski definition) is 6. The predicted octanol–water partition coefficient (Wildman–Crippen LogP) is 3.13. The van der Waals surface area contributed by atoms with Gasteiger partial charge < -0.3 is 15.4 Å². The third-order valence-electron chi connectivity index (χ3n) is 5.93. The fourth-order valence-corrected chi connectivity index (χ4v) is 5.04. The van der Waals surface area contributed by atoms with E-state index in [2.05, 4.69) is 22.5 Å². The fourth-order valence-electron chi connectivity index (χ4n) is 4.13. The van der Waals surface area contributed by atoms with E-state index in [1.54, 1.807) is 13.2 Å².